The zero-order valence-corrected chi connectivity index (χ0v) is 18.1. The van der Waals surface area contributed by atoms with Gasteiger partial charge in [-0.05, 0) is 42.0 Å². The van der Waals surface area contributed by atoms with Crippen LogP contribution in [0, 0.1) is 0 Å². The fourth-order valence-electron chi connectivity index (χ4n) is 3.53. The molecule has 4 rings (SSSR count). The minimum Gasteiger partial charge on any atom is -0.330 e. The summed E-state index contributed by atoms with van der Waals surface area (Å²) in [6, 6.07) is 12.6. The summed E-state index contributed by atoms with van der Waals surface area (Å²) in [5, 5.41) is 0.502. The van der Waals surface area contributed by atoms with Gasteiger partial charge in [-0.1, -0.05) is 36.4 Å². The molecule has 1 aromatic carbocycles. The van der Waals surface area contributed by atoms with Crippen LogP contribution in [0.2, 0.25) is 0 Å². The molecule has 1 saturated heterocycles. The standard InChI is InChI=1S/C24H20BF2N3O4/c26-25(27)29-20(10-6-17-4-2-1-3-5-17)11-12-21(29)16-19-8-7-18(28-19)9-15-24(33)34-30-22(31)13-14-23(30)32/h1-8,10-12,16H,9,13-15H2/b10-6+,19-16-. The van der Waals surface area contributed by atoms with Crippen molar-refractivity contribution in [2.45, 2.75) is 25.7 Å². The van der Waals surface area contributed by atoms with Crippen LogP contribution in [0.15, 0.2) is 65.3 Å². The summed E-state index contributed by atoms with van der Waals surface area (Å²) in [5.41, 5.74) is 2.56. The Morgan fingerprint density at radius 1 is 1.00 bits per heavy atom. The van der Waals surface area contributed by atoms with Crippen LogP contribution in [0.4, 0.5) is 8.63 Å². The summed E-state index contributed by atoms with van der Waals surface area (Å²) < 4.78 is 28.5. The van der Waals surface area contributed by atoms with E-state index in [1.54, 1.807) is 36.4 Å². The fraction of sp³-hybridized carbons (Fsp3) is 0.167. The molecule has 3 heterocycles. The van der Waals surface area contributed by atoms with E-state index in [-0.39, 0.29) is 31.4 Å². The molecule has 0 saturated carbocycles. The first-order valence-electron chi connectivity index (χ1n) is 10.7. The van der Waals surface area contributed by atoms with E-state index >= 15 is 0 Å². The van der Waals surface area contributed by atoms with Gasteiger partial charge in [-0.25, -0.2) is 4.79 Å². The van der Waals surface area contributed by atoms with E-state index in [1.807, 2.05) is 30.3 Å². The van der Waals surface area contributed by atoms with E-state index < -0.39 is 25.2 Å². The maximum Gasteiger partial charge on any atom is 0.678 e. The van der Waals surface area contributed by atoms with E-state index in [9.17, 15) is 23.0 Å². The van der Waals surface area contributed by atoms with Crippen LogP contribution < -0.4 is 0 Å². The Kier molecular flexibility index (Phi) is 6.96. The zero-order chi connectivity index (χ0) is 24.1. The van der Waals surface area contributed by atoms with Crippen molar-refractivity contribution in [2.24, 2.45) is 4.99 Å². The Hall–Kier alpha value is -4.08. The lowest BCUT2D eigenvalue weighted by Gasteiger charge is -2.12. The molecule has 0 unspecified atom stereocenters. The molecule has 0 aliphatic carbocycles. The normalized spacial score (nSPS) is 16.7. The quantitative estimate of drug-likeness (QED) is 0.435. The Morgan fingerprint density at radius 3 is 2.41 bits per heavy atom. The van der Waals surface area contributed by atoms with E-state index in [4.69, 9.17) is 4.84 Å². The highest BCUT2D eigenvalue weighted by atomic mass is 19.2. The van der Waals surface area contributed by atoms with Gasteiger partial charge < -0.3 is 9.32 Å². The molecule has 2 amide bonds. The maximum absolute atomic E-state index is 13.8. The molecule has 1 fully saturated rings. The number of nitrogens with zero attached hydrogens (tertiary/aromatic N) is 3. The molecule has 1 aromatic heterocycles. The molecule has 34 heavy (non-hydrogen) atoms. The van der Waals surface area contributed by atoms with Gasteiger partial charge in [-0.2, -0.15) is 0 Å². The number of halogens is 2. The number of hydrogen-bond donors (Lipinski definition) is 0. The summed E-state index contributed by atoms with van der Waals surface area (Å²) in [7, 11) is -2.74. The predicted molar refractivity (Wildman–Crippen MR) is 124 cm³/mol. The van der Waals surface area contributed by atoms with Crippen molar-refractivity contribution in [3.63, 3.8) is 0 Å². The second-order valence-electron chi connectivity index (χ2n) is 7.63. The van der Waals surface area contributed by atoms with Gasteiger partial charge in [0.1, 0.15) is 0 Å². The number of aliphatic imine (C=N–C) groups is 1. The number of benzene rings is 1. The summed E-state index contributed by atoms with van der Waals surface area (Å²) >= 11 is 0. The Morgan fingerprint density at radius 2 is 1.71 bits per heavy atom. The van der Waals surface area contributed by atoms with Crippen LogP contribution in [-0.4, -0.2) is 40.4 Å². The lowest BCUT2D eigenvalue weighted by Crippen LogP contribution is -2.32. The molecule has 172 valence electrons. The SMILES string of the molecule is O=C(CCC1=N/C(=C\c2ccc(/C=C/c3ccccc3)n2B(F)F)C=C1)ON1C(=O)CCC1=O. The van der Waals surface area contributed by atoms with Gasteiger partial charge in [0.15, 0.2) is 0 Å². The highest BCUT2D eigenvalue weighted by molar-refractivity contribution is 6.41. The van der Waals surface area contributed by atoms with Crippen molar-refractivity contribution < 1.29 is 27.9 Å². The molecule has 0 radical (unpaired) electrons. The summed E-state index contributed by atoms with van der Waals surface area (Å²) in [4.78, 5) is 44.2. The predicted octanol–water partition coefficient (Wildman–Crippen LogP) is 4.17. The van der Waals surface area contributed by atoms with Crippen molar-refractivity contribution in [1.82, 2.24) is 9.54 Å². The van der Waals surface area contributed by atoms with Crippen molar-refractivity contribution in [3.05, 3.63) is 77.3 Å². The number of carbonyl (C=O) groups excluding carboxylic acids is 3. The molecule has 2 aliphatic heterocycles. The third-order valence-electron chi connectivity index (χ3n) is 5.22. The minimum absolute atomic E-state index is 0.0276. The minimum atomic E-state index is -2.74. The maximum atomic E-state index is 13.8. The number of rotatable bonds is 8. The molecule has 7 nitrogen and oxygen atoms in total. The largest absolute Gasteiger partial charge is 0.678 e. The molecule has 0 spiro atoms. The smallest absolute Gasteiger partial charge is 0.330 e. The van der Waals surface area contributed by atoms with Gasteiger partial charge >= 0.3 is 13.4 Å². The van der Waals surface area contributed by atoms with E-state index in [0.717, 1.165) is 10.0 Å². The lowest BCUT2D eigenvalue weighted by atomic mass is 10.1. The van der Waals surface area contributed by atoms with Crippen LogP contribution >= 0.6 is 0 Å². The monoisotopic (exact) mass is 463 g/mol. The van der Waals surface area contributed by atoms with Gasteiger partial charge in [0.25, 0.3) is 11.8 Å². The highest BCUT2D eigenvalue weighted by Gasteiger charge is 2.32. The van der Waals surface area contributed by atoms with Gasteiger partial charge in [-0.3, -0.25) is 23.2 Å². The zero-order valence-electron chi connectivity index (χ0n) is 18.1. The number of allylic oxidation sites excluding steroid dienone is 2. The average Bonchev–Trinajstić information content (AvgIpc) is 3.53. The molecular formula is C24H20BF2N3O4. The highest BCUT2D eigenvalue weighted by Crippen LogP contribution is 2.21. The number of aromatic nitrogens is 1. The van der Waals surface area contributed by atoms with Gasteiger partial charge in [0, 0.05) is 36.4 Å². The van der Waals surface area contributed by atoms with Crippen LogP contribution in [0.25, 0.3) is 18.2 Å². The summed E-state index contributed by atoms with van der Waals surface area (Å²) in [6.45, 7) is 0. The number of hydroxylamine groups is 2. The van der Waals surface area contributed by atoms with Gasteiger partial charge in [0.2, 0.25) is 0 Å². The first kappa shape index (κ1) is 23.1. The Labute approximate surface area is 194 Å². The molecule has 0 atom stereocenters. The topological polar surface area (TPSA) is 81.0 Å². The number of amides is 2. The van der Waals surface area contributed by atoms with Crippen molar-refractivity contribution in [3.8, 4) is 0 Å². The van der Waals surface area contributed by atoms with Crippen LogP contribution in [0.5, 0.6) is 0 Å². The number of hydrogen-bond acceptors (Lipinski definition) is 5. The Bertz CT molecular complexity index is 1220. The number of imide groups is 1. The average molecular weight is 463 g/mol. The van der Waals surface area contributed by atoms with Crippen molar-refractivity contribution in [1.29, 1.82) is 0 Å². The molecule has 0 N–H and O–H groups in total. The lowest BCUT2D eigenvalue weighted by molar-refractivity contribution is -0.197. The molecule has 0 bridgehead atoms. The molecular weight excluding hydrogens is 443 g/mol. The first-order valence-corrected chi connectivity index (χ1v) is 10.7. The Balaban J connectivity index is 1.41. The second-order valence-corrected chi connectivity index (χ2v) is 7.63. The fourth-order valence-corrected chi connectivity index (χ4v) is 3.53. The summed E-state index contributed by atoms with van der Waals surface area (Å²) in [5.74, 6) is -1.80. The van der Waals surface area contributed by atoms with Crippen LogP contribution in [0.3, 0.4) is 0 Å². The van der Waals surface area contributed by atoms with E-state index in [1.165, 1.54) is 6.08 Å². The molecule has 2 aromatic rings. The van der Waals surface area contributed by atoms with Crippen LogP contribution in [0.1, 0.15) is 42.6 Å². The van der Waals surface area contributed by atoms with Gasteiger partial charge in [0.05, 0.1) is 12.1 Å². The van der Waals surface area contributed by atoms with E-state index in [0.29, 0.717) is 22.2 Å². The van der Waals surface area contributed by atoms with Crippen molar-refractivity contribution >= 4 is 49.1 Å². The second kappa shape index (κ2) is 10.2. The van der Waals surface area contributed by atoms with Crippen molar-refractivity contribution in [2.75, 3.05) is 0 Å². The van der Waals surface area contributed by atoms with Crippen LogP contribution in [-0.2, 0) is 19.2 Å². The van der Waals surface area contributed by atoms with Gasteiger partial charge in [-0.15, -0.1) is 5.06 Å². The third kappa shape index (κ3) is 5.45. The number of carbonyl (C=O) groups is 3. The molecule has 2 aliphatic rings. The van der Waals surface area contributed by atoms with E-state index in [2.05, 4.69) is 4.99 Å². The third-order valence-corrected chi connectivity index (χ3v) is 5.22. The first-order chi connectivity index (χ1) is 16.4. The molecule has 10 heteroatoms. The summed E-state index contributed by atoms with van der Waals surface area (Å²) in [6.07, 6.45) is 8.45.